The molecule has 0 radical (unpaired) electrons. The molecule has 1 aliphatic heterocycles. The van der Waals surface area contributed by atoms with Gasteiger partial charge in [-0.25, -0.2) is 0 Å². The lowest BCUT2D eigenvalue weighted by atomic mass is 10.0. The first-order valence-electron chi connectivity index (χ1n) is 6.99. The fourth-order valence-electron chi connectivity index (χ4n) is 2.57. The molecule has 1 unspecified atom stereocenters. The Morgan fingerprint density at radius 1 is 1.35 bits per heavy atom. The molecule has 0 aliphatic carbocycles. The van der Waals surface area contributed by atoms with Crippen molar-refractivity contribution in [2.45, 2.75) is 31.4 Å². The Balaban J connectivity index is 1.88. The lowest BCUT2D eigenvalue weighted by Gasteiger charge is -2.31. The first kappa shape index (κ1) is 16.1. The van der Waals surface area contributed by atoms with Gasteiger partial charge in [0.2, 0.25) is 0 Å². The Bertz CT molecular complexity index is 436. The average molecular weight is 318 g/mol. The summed E-state index contributed by atoms with van der Waals surface area (Å²) in [6, 6.07) is 5.92. The second kappa shape index (κ2) is 7.62. The minimum Gasteiger partial charge on any atom is -0.388 e. The van der Waals surface area contributed by atoms with Crippen molar-refractivity contribution in [1.29, 1.82) is 0 Å². The van der Waals surface area contributed by atoms with E-state index < -0.39 is 6.10 Å². The number of nitrogens with zero attached hydrogens (tertiary/aromatic N) is 1. The molecular weight excluding hydrogens is 297 g/mol. The van der Waals surface area contributed by atoms with Crippen molar-refractivity contribution < 1.29 is 9.84 Å². The highest BCUT2D eigenvalue weighted by Gasteiger charge is 2.20. The third-order valence-electron chi connectivity index (χ3n) is 3.91. The molecule has 0 bridgehead atoms. The Morgan fingerprint density at radius 3 is 2.75 bits per heavy atom. The van der Waals surface area contributed by atoms with Crippen LogP contribution in [0.5, 0.6) is 0 Å². The maximum atomic E-state index is 10.3. The Hall–Kier alpha value is -0.320. The van der Waals surface area contributed by atoms with E-state index in [1.54, 1.807) is 6.07 Å². The molecule has 3 nitrogen and oxygen atoms in total. The third-order valence-corrected chi connectivity index (χ3v) is 4.74. The Labute approximate surface area is 130 Å². The summed E-state index contributed by atoms with van der Waals surface area (Å²) in [5, 5.41) is 11.2. The number of hydrogen-bond donors (Lipinski definition) is 1. The molecule has 112 valence electrons. The summed E-state index contributed by atoms with van der Waals surface area (Å²) < 4.78 is 5.37. The topological polar surface area (TPSA) is 32.7 Å². The summed E-state index contributed by atoms with van der Waals surface area (Å²) >= 11 is 12.1. The monoisotopic (exact) mass is 317 g/mol. The highest BCUT2D eigenvalue weighted by Crippen LogP contribution is 2.31. The van der Waals surface area contributed by atoms with Gasteiger partial charge in [0.05, 0.1) is 16.1 Å². The molecule has 20 heavy (non-hydrogen) atoms. The quantitative estimate of drug-likeness (QED) is 0.901. The van der Waals surface area contributed by atoms with Crippen molar-refractivity contribution in [2.75, 3.05) is 26.8 Å². The van der Waals surface area contributed by atoms with Gasteiger partial charge in [0.15, 0.2) is 0 Å². The number of rotatable bonds is 5. The molecule has 1 aliphatic rings. The first-order chi connectivity index (χ1) is 9.59. The first-order valence-corrected chi connectivity index (χ1v) is 7.75. The van der Waals surface area contributed by atoms with Crippen LogP contribution in [0.1, 0.15) is 30.9 Å². The SMILES string of the molecule is CN(CCC(O)c1cccc(Cl)c1Cl)C1CCOCC1. The lowest BCUT2D eigenvalue weighted by molar-refractivity contribution is 0.0377. The zero-order valence-corrected chi connectivity index (χ0v) is 13.2. The van der Waals surface area contributed by atoms with Gasteiger partial charge < -0.3 is 14.7 Å². The van der Waals surface area contributed by atoms with Gasteiger partial charge in [-0.2, -0.15) is 0 Å². The molecule has 1 aromatic carbocycles. The summed E-state index contributed by atoms with van der Waals surface area (Å²) in [4.78, 5) is 2.30. The van der Waals surface area contributed by atoms with Crippen LogP contribution in [-0.2, 0) is 4.74 Å². The second-order valence-corrected chi connectivity index (χ2v) is 6.06. The minimum absolute atomic E-state index is 0.454. The standard InChI is InChI=1S/C15H21Cl2NO2/c1-18(11-6-9-20-10-7-11)8-5-14(19)12-3-2-4-13(16)15(12)17/h2-4,11,14,19H,5-10H2,1H3. The highest BCUT2D eigenvalue weighted by molar-refractivity contribution is 6.42. The molecule has 1 aromatic rings. The van der Waals surface area contributed by atoms with Gasteiger partial charge in [-0.1, -0.05) is 35.3 Å². The Morgan fingerprint density at radius 2 is 2.05 bits per heavy atom. The fourth-order valence-corrected chi connectivity index (χ4v) is 3.00. The predicted molar refractivity (Wildman–Crippen MR) is 82.5 cm³/mol. The van der Waals surface area contributed by atoms with Crippen LogP contribution in [0, 0.1) is 0 Å². The van der Waals surface area contributed by atoms with E-state index in [0.29, 0.717) is 28.1 Å². The molecule has 2 rings (SSSR count). The van der Waals surface area contributed by atoms with E-state index >= 15 is 0 Å². The number of aliphatic hydroxyl groups excluding tert-OH is 1. The normalized spacial score (nSPS) is 18.4. The largest absolute Gasteiger partial charge is 0.388 e. The van der Waals surface area contributed by atoms with E-state index in [0.717, 1.165) is 32.6 Å². The lowest BCUT2D eigenvalue weighted by Crippen LogP contribution is -2.37. The molecule has 0 saturated carbocycles. The van der Waals surface area contributed by atoms with Crippen molar-refractivity contribution in [3.05, 3.63) is 33.8 Å². The molecule has 1 saturated heterocycles. The van der Waals surface area contributed by atoms with E-state index in [9.17, 15) is 5.11 Å². The summed E-state index contributed by atoms with van der Waals surface area (Å²) in [6.45, 7) is 2.49. The van der Waals surface area contributed by atoms with Crippen LogP contribution >= 0.6 is 23.2 Å². The van der Waals surface area contributed by atoms with Gasteiger partial charge in [0.25, 0.3) is 0 Å². The summed E-state index contributed by atoms with van der Waals surface area (Å²) in [7, 11) is 2.10. The van der Waals surface area contributed by atoms with Crippen LogP contribution in [0.4, 0.5) is 0 Å². The molecule has 5 heteroatoms. The number of benzene rings is 1. The Kier molecular flexibility index (Phi) is 6.12. The molecule has 1 N–H and O–H groups in total. The molecule has 1 heterocycles. The van der Waals surface area contributed by atoms with E-state index in [1.165, 1.54) is 0 Å². The summed E-state index contributed by atoms with van der Waals surface area (Å²) in [5.41, 5.74) is 0.708. The van der Waals surface area contributed by atoms with Gasteiger partial charge in [0, 0.05) is 31.4 Å². The molecule has 1 atom stereocenters. The van der Waals surface area contributed by atoms with E-state index in [-0.39, 0.29) is 0 Å². The number of halogens is 2. The molecule has 0 aromatic heterocycles. The van der Waals surface area contributed by atoms with Crippen LogP contribution in [0.25, 0.3) is 0 Å². The summed E-state index contributed by atoms with van der Waals surface area (Å²) in [6.07, 6.45) is 2.19. The van der Waals surface area contributed by atoms with Gasteiger partial charge in [0.1, 0.15) is 0 Å². The van der Waals surface area contributed by atoms with Crippen molar-refractivity contribution in [3.8, 4) is 0 Å². The van der Waals surface area contributed by atoms with Gasteiger partial charge in [-0.15, -0.1) is 0 Å². The molecule has 0 spiro atoms. The molecule has 0 amide bonds. The van der Waals surface area contributed by atoms with E-state index in [2.05, 4.69) is 11.9 Å². The van der Waals surface area contributed by atoms with Crippen LogP contribution in [0.2, 0.25) is 10.0 Å². The number of aliphatic hydroxyl groups is 1. The second-order valence-electron chi connectivity index (χ2n) is 5.27. The van der Waals surface area contributed by atoms with E-state index in [4.69, 9.17) is 27.9 Å². The third kappa shape index (κ3) is 4.09. The van der Waals surface area contributed by atoms with Crippen LogP contribution in [0.15, 0.2) is 18.2 Å². The summed E-state index contributed by atoms with van der Waals surface area (Å²) in [5.74, 6) is 0. The molecule has 1 fully saturated rings. The van der Waals surface area contributed by atoms with E-state index in [1.807, 2.05) is 12.1 Å². The van der Waals surface area contributed by atoms with Crippen molar-refractivity contribution in [3.63, 3.8) is 0 Å². The highest BCUT2D eigenvalue weighted by atomic mass is 35.5. The zero-order chi connectivity index (χ0) is 14.5. The number of hydrogen-bond acceptors (Lipinski definition) is 3. The van der Waals surface area contributed by atoms with Crippen LogP contribution in [0.3, 0.4) is 0 Å². The smallest absolute Gasteiger partial charge is 0.0817 e. The molecular formula is C15H21Cl2NO2. The predicted octanol–water partition coefficient (Wildman–Crippen LogP) is 3.53. The zero-order valence-electron chi connectivity index (χ0n) is 11.7. The van der Waals surface area contributed by atoms with Crippen molar-refractivity contribution in [2.24, 2.45) is 0 Å². The van der Waals surface area contributed by atoms with Crippen molar-refractivity contribution in [1.82, 2.24) is 4.90 Å². The van der Waals surface area contributed by atoms with Crippen LogP contribution in [-0.4, -0.2) is 42.9 Å². The van der Waals surface area contributed by atoms with Gasteiger partial charge >= 0.3 is 0 Å². The number of ether oxygens (including phenoxy) is 1. The minimum atomic E-state index is -0.580. The van der Waals surface area contributed by atoms with Crippen molar-refractivity contribution >= 4 is 23.2 Å². The van der Waals surface area contributed by atoms with Gasteiger partial charge in [-0.05, 0) is 32.4 Å². The van der Waals surface area contributed by atoms with Gasteiger partial charge in [-0.3, -0.25) is 0 Å². The fraction of sp³-hybridized carbons (Fsp3) is 0.600. The maximum Gasteiger partial charge on any atom is 0.0817 e. The van der Waals surface area contributed by atoms with Crippen LogP contribution < -0.4 is 0 Å². The average Bonchev–Trinajstić information content (AvgIpc) is 2.48. The maximum absolute atomic E-state index is 10.3.